The van der Waals surface area contributed by atoms with Gasteiger partial charge < -0.3 is 20.6 Å². The maximum absolute atomic E-state index is 11.0. The van der Waals surface area contributed by atoms with E-state index in [1.54, 1.807) is 13.8 Å². The zero-order chi connectivity index (χ0) is 10.4. The number of amides is 1. The van der Waals surface area contributed by atoms with E-state index in [2.05, 4.69) is 5.32 Å². The van der Waals surface area contributed by atoms with E-state index >= 15 is 0 Å². The van der Waals surface area contributed by atoms with Gasteiger partial charge in [-0.3, -0.25) is 4.79 Å². The third-order valence-corrected chi connectivity index (χ3v) is 1.69. The minimum Gasteiger partial charge on any atom is -0.395 e. The summed E-state index contributed by atoms with van der Waals surface area (Å²) in [5.74, 6) is -0.842. The summed E-state index contributed by atoms with van der Waals surface area (Å²) in [5, 5.41) is 29.2. The van der Waals surface area contributed by atoms with Gasteiger partial charge in [0.1, 0.15) is 0 Å². The van der Waals surface area contributed by atoms with Crippen molar-refractivity contribution in [1.29, 1.82) is 0 Å². The number of aliphatic hydroxyl groups excluding tert-OH is 3. The van der Waals surface area contributed by atoms with Crippen LogP contribution in [0.4, 0.5) is 0 Å². The zero-order valence-electron chi connectivity index (χ0n) is 7.90. The molecule has 5 heteroatoms. The van der Waals surface area contributed by atoms with Crippen molar-refractivity contribution < 1.29 is 20.1 Å². The third-order valence-electron chi connectivity index (χ3n) is 1.69. The average Bonchev–Trinajstić information content (AvgIpc) is 2.11. The van der Waals surface area contributed by atoms with Gasteiger partial charge in [-0.25, -0.2) is 0 Å². The minimum absolute atomic E-state index is 0.0840. The second-order valence-corrected chi connectivity index (χ2v) is 3.19. The number of hydrogen-bond acceptors (Lipinski definition) is 4. The van der Waals surface area contributed by atoms with E-state index in [1.165, 1.54) is 0 Å². The highest BCUT2D eigenvalue weighted by atomic mass is 16.3. The van der Waals surface area contributed by atoms with Gasteiger partial charge in [0.2, 0.25) is 0 Å². The number of nitrogens with one attached hydrogen (secondary N) is 1. The molecular weight excluding hydrogens is 174 g/mol. The molecule has 0 radical (unpaired) electrons. The fourth-order valence-electron chi connectivity index (χ4n) is 0.803. The lowest BCUT2D eigenvalue weighted by Gasteiger charge is -2.19. The number of carbonyl (C=O) groups is 1. The minimum atomic E-state index is -1.42. The predicted octanol–water partition coefficient (Wildman–Crippen LogP) is -1.53. The standard InChI is InChI=1S/C8H17NO4/c1-5(2)6(11)7(12)8(13)9-3-4-10/h5-7,10-12H,3-4H2,1-2H3,(H,9,13). The lowest BCUT2D eigenvalue weighted by atomic mass is 10.0. The smallest absolute Gasteiger partial charge is 0.251 e. The molecule has 1 amide bonds. The fraction of sp³-hybridized carbons (Fsp3) is 0.875. The van der Waals surface area contributed by atoms with E-state index in [4.69, 9.17) is 5.11 Å². The molecule has 0 spiro atoms. The van der Waals surface area contributed by atoms with Crippen molar-refractivity contribution in [2.45, 2.75) is 26.1 Å². The molecule has 2 unspecified atom stereocenters. The van der Waals surface area contributed by atoms with Crippen LogP contribution < -0.4 is 5.32 Å². The Morgan fingerprint density at radius 1 is 1.38 bits per heavy atom. The first-order valence-electron chi connectivity index (χ1n) is 4.25. The quantitative estimate of drug-likeness (QED) is 0.424. The molecule has 2 atom stereocenters. The maximum Gasteiger partial charge on any atom is 0.251 e. The van der Waals surface area contributed by atoms with Gasteiger partial charge >= 0.3 is 0 Å². The van der Waals surface area contributed by atoms with Crippen molar-refractivity contribution in [2.75, 3.05) is 13.2 Å². The molecule has 0 heterocycles. The number of carbonyl (C=O) groups excluding carboxylic acids is 1. The average molecular weight is 191 g/mol. The first-order chi connectivity index (χ1) is 6.00. The summed E-state index contributed by atoms with van der Waals surface area (Å²) in [5.41, 5.74) is 0. The lowest BCUT2D eigenvalue weighted by Crippen LogP contribution is -2.45. The van der Waals surface area contributed by atoms with Crippen LogP contribution >= 0.6 is 0 Å². The normalized spacial score (nSPS) is 15.5. The van der Waals surface area contributed by atoms with Gasteiger partial charge in [-0.05, 0) is 5.92 Å². The van der Waals surface area contributed by atoms with Crippen LogP contribution in [0.2, 0.25) is 0 Å². The van der Waals surface area contributed by atoms with Crippen molar-refractivity contribution in [3.63, 3.8) is 0 Å². The van der Waals surface area contributed by atoms with Crippen LogP contribution in [0.25, 0.3) is 0 Å². The van der Waals surface area contributed by atoms with Crippen LogP contribution in [0.5, 0.6) is 0 Å². The van der Waals surface area contributed by atoms with E-state index in [9.17, 15) is 15.0 Å². The van der Waals surface area contributed by atoms with E-state index in [1.807, 2.05) is 0 Å². The third kappa shape index (κ3) is 4.21. The van der Waals surface area contributed by atoms with E-state index in [-0.39, 0.29) is 19.1 Å². The van der Waals surface area contributed by atoms with Crippen molar-refractivity contribution in [2.24, 2.45) is 5.92 Å². The molecule has 0 fully saturated rings. The van der Waals surface area contributed by atoms with Crippen LogP contribution in [0.3, 0.4) is 0 Å². The Labute approximate surface area is 77.4 Å². The number of aliphatic hydroxyl groups is 3. The highest BCUT2D eigenvalue weighted by Crippen LogP contribution is 2.05. The molecule has 0 aliphatic heterocycles. The monoisotopic (exact) mass is 191 g/mol. The van der Waals surface area contributed by atoms with Crippen LogP contribution in [-0.2, 0) is 4.79 Å². The van der Waals surface area contributed by atoms with E-state index < -0.39 is 18.1 Å². The first kappa shape index (κ1) is 12.3. The second kappa shape index (κ2) is 5.90. The molecule has 0 rings (SSSR count). The SMILES string of the molecule is CC(C)C(O)C(O)C(=O)NCCO. The van der Waals surface area contributed by atoms with Gasteiger partial charge in [-0.2, -0.15) is 0 Å². The maximum atomic E-state index is 11.0. The molecule has 0 saturated carbocycles. The van der Waals surface area contributed by atoms with Crippen LogP contribution in [-0.4, -0.2) is 46.6 Å². The molecule has 13 heavy (non-hydrogen) atoms. The second-order valence-electron chi connectivity index (χ2n) is 3.19. The Kier molecular flexibility index (Phi) is 5.61. The number of rotatable bonds is 5. The summed E-state index contributed by atoms with van der Waals surface area (Å²) in [4.78, 5) is 11.0. The van der Waals surface area contributed by atoms with Crippen molar-refractivity contribution in [3.8, 4) is 0 Å². The molecule has 0 aromatic carbocycles. The Bertz CT molecular complexity index is 160. The molecule has 4 N–H and O–H groups in total. The van der Waals surface area contributed by atoms with Gasteiger partial charge in [0.05, 0.1) is 12.7 Å². The Morgan fingerprint density at radius 3 is 2.31 bits per heavy atom. The molecule has 0 aromatic heterocycles. The Hall–Kier alpha value is -0.650. The lowest BCUT2D eigenvalue weighted by molar-refractivity contribution is -0.137. The van der Waals surface area contributed by atoms with Gasteiger partial charge in [0.15, 0.2) is 6.10 Å². The largest absolute Gasteiger partial charge is 0.395 e. The molecule has 5 nitrogen and oxygen atoms in total. The zero-order valence-corrected chi connectivity index (χ0v) is 7.90. The van der Waals surface area contributed by atoms with Gasteiger partial charge in [0, 0.05) is 6.54 Å². The van der Waals surface area contributed by atoms with E-state index in [0.717, 1.165) is 0 Å². The predicted molar refractivity (Wildman–Crippen MR) is 46.9 cm³/mol. The van der Waals surface area contributed by atoms with Crippen molar-refractivity contribution >= 4 is 5.91 Å². The van der Waals surface area contributed by atoms with E-state index in [0.29, 0.717) is 0 Å². The molecule has 0 saturated heterocycles. The molecular formula is C8H17NO4. The molecule has 0 aliphatic rings. The summed E-state index contributed by atoms with van der Waals surface area (Å²) in [6, 6.07) is 0. The Morgan fingerprint density at radius 2 is 1.92 bits per heavy atom. The summed E-state index contributed by atoms with van der Waals surface area (Å²) >= 11 is 0. The highest BCUT2D eigenvalue weighted by Gasteiger charge is 2.25. The molecule has 0 aliphatic carbocycles. The molecule has 0 aromatic rings. The fourth-order valence-corrected chi connectivity index (χ4v) is 0.803. The van der Waals surface area contributed by atoms with Gasteiger partial charge in [-0.1, -0.05) is 13.8 Å². The van der Waals surface area contributed by atoms with Crippen LogP contribution in [0.15, 0.2) is 0 Å². The van der Waals surface area contributed by atoms with Gasteiger partial charge in [-0.15, -0.1) is 0 Å². The first-order valence-corrected chi connectivity index (χ1v) is 4.25. The van der Waals surface area contributed by atoms with Crippen LogP contribution in [0, 0.1) is 5.92 Å². The summed E-state index contributed by atoms with van der Waals surface area (Å²) in [6.07, 6.45) is -2.50. The molecule has 78 valence electrons. The highest BCUT2D eigenvalue weighted by molar-refractivity contribution is 5.81. The number of hydrogen-bond donors (Lipinski definition) is 4. The van der Waals surface area contributed by atoms with Crippen molar-refractivity contribution in [1.82, 2.24) is 5.32 Å². The topological polar surface area (TPSA) is 89.8 Å². The summed E-state index contributed by atoms with van der Waals surface area (Å²) in [6.45, 7) is 3.30. The van der Waals surface area contributed by atoms with Gasteiger partial charge in [0.25, 0.3) is 5.91 Å². The summed E-state index contributed by atoms with van der Waals surface area (Å²) < 4.78 is 0. The Balaban J connectivity index is 3.94. The van der Waals surface area contributed by atoms with Crippen LogP contribution in [0.1, 0.15) is 13.8 Å². The van der Waals surface area contributed by atoms with Crippen molar-refractivity contribution in [3.05, 3.63) is 0 Å². The molecule has 0 bridgehead atoms. The summed E-state index contributed by atoms with van der Waals surface area (Å²) in [7, 11) is 0.